The van der Waals surface area contributed by atoms with E-state index in [9.17, 15) is 12.8 Å². The highest BCUT2D eigenvalue weighted by atomic mass is 32.2. The van der Waals surface area contributed by atoms with Gasteiger partial charge in [0.05, 0.1) is 0 Å². The summed E-state index contributed by atoms with van der Waals surface area (Å²) < 4.78 is 40.2. The highest BCUT2D eigenvalue weighted by Gasteiger charge is 2.29. The van der Waals surface area contributed by atoms with Gasteiger partial charge in [-0.25, -0.2) is 4.39 Å². The van der Waals surface area contributed by atoms with Crippen molar-refractivity contribution in [3.63, 3.8) is 0 Å². The number of hydrogen-bond acceptors (Lipinski definition) is 3. The quantitative estimate of drug-likeness (QED) is 0.714. The van der Waals surface area contributed by atoms with Gasteiger partial charge in [0.2, 0.25) is 0 Å². The predicted octanol–water partition coefficient (Wildman–Crippen LogP) is 0.0720. The van der Waals surface area contributed by atoms with E-state index in [4.69, 9.17) is 5.73 Å². The van der Waals surface area contributed by atoms with Crippen LogP contribution >= 0.6 is 0 Å². The summed E-state index contributed by atoms with van der Waals surface area (Å²) in [5, 5.41) is 0. The SMILES string of the molecule is NC1=NS(=O)(=O)N[C@@H]1c1ccc(F)cc1. The van der Waals surface area contributed by atoms with Gasteiger partial charge in [0, 0.05) is 0 Å². The minimum absolute atomic E-state index is 0.0402. The van der Waals surface area contributed by atoms with Crippen molar-refractivity contribution in [2.24, 2.45) is 10.1 Å². The average molecular weight is 229 g/mol. The molecule has 0 fully saturated rings. The fourth-order valence-corrected chi connectivity index (χ4v) is 2.31. The van der Waals surface area contributed by atoms with E-state index in [1.54, 1.807) is 0 Å². The van der Waals surface area contributed by atoms with Crippen molar-refractivity contribution in [1.82, 2.24) is 4.72 Å². The highest BCUT2D eigenvalue weighted by molar-refractivity contribution is 7.88. The molecule has 0 aliphatic carbocycles. The van der Waals surface area contributed by atoms with E-state index < -0.39 is 22.1 Å². The average Bonchev–Trinajstić information content (AvgIpc) is 2.41. The van der Waals surface area contributed by atoms with E-state index in [0.29, 0.717) is 5.56 Å². The lowest BCUT2D eigenvalue weighted by Crippen LogP contribution is -2.28. The molecule has 80 valence electrons. The van der Waals surface area contributed by atoms with Crippen LogP contribution in [0.25, 0.3) is 0 Å². The Hall–Kier alpha value is -1.47. The Kier molecular flexibility index (Phi) is 2.20. The van der Waals surface area contributed by atoms with Crippen LogP contribution in [0.4, 0.5) is 4.39 Å². The molecule has 5 nitrogen and oxygen atoms in total. The van der Waals surface area contributed by atoms with Gasteiger partial charge in [-0.1, -0.05) is 12.1 Å². The number of amidine groups is 1. The number of nitrogens with two attached hydrogens (primary N) is 1. The van der Waals surface area contributed by atoms with Gasteiger partial charge in [0.15, 0.2) is 0 Å². The molecular formula is C8H8FN3O2S. The van der Waals surface area contributed by atoms with Crippen molar-refractivity contribution in [2.75, 3.05) is 0 Å². The maximum Gasteiger partial charge on any atom is 0.322 e. The molecule has 15 heavy (non-hydrogen) atoms. The molecule has 0 spiro atoms. The van der Waals surface area contributed by atoms with Gasteiger partial charge in [-0.15, -0.1) is 4.40 Å². The van der Waals surface area contributed by atoms with Gasteiger partial charge < -0.3 is 5.73 Å². The second-order valence-electron chi connectivity index (χ2n) is 3.09. The van der Waals surface area contributed by atoms with Crippen molar-refractivity contribution in [1.29, 1.82) is 0 Å². The van der Waals surface area contributed by atoms with E-state index in [1.807, 2.05) is 0 Å². The lowest BCUT2D eigenvalue weighted by Gasteiger charge is -2.08. The van der Waals surface area contributed by atoms with E-state index in [-0.39, 0.29) is 5.84 Å². The summed E-state index contributed by atoms with van der Waals surface area (Å²) in [5.74, 6) is -0.434. The summed E-state index contributed by atoms with van der Waals surface area (Å²) in [6, 6.07) is 4.67. The van der Waals surface area contributed by atoms with Crippen molar-refractivity contribution < 1.29 is 12.8 Å². The largest absolute Gasteiger partial charge is 0.385 e. The first kappa shape index (κ1) is 10.1. The van der Waals surface area contributed by atoms with Gasteiger partial charge in [-0.05, 0) is 17.7 Å². The van der Waals surface area contributed by atoms with Gasteiger partial charge in [0.1, 0.15) is 17.7 Å². The molecule has 1 aliphatic rings. The summed E-state index contributed by atoms with van der Waals surface area (Å²) in [5.41, 5.74) is 5.99. The van der Waals surface area contributed by atoms with E-state index in [0.717, 1.165) is 0 Å². The maximum atomic E-state index is 12.6. The first-order chi connectivity index (χ1) is 6.98. The Morgan fingerprint density at radius 1 is 1.33 bits per heavy atom. The minimum atomic E-state index is -3.68. The summed E-state index contributed by atoms with van der Waals surface area (Å²) in [4.78, 5) is 0. The van der Waals surface area contributed by atoms with E-state index in [2.05, 4.69) is 9.12 Å². The number of benzene rings is 1. The zero-order valence-electron chi connectivity index (χ0n) is 7.51. The van der Waals surface area contributed by atoms with Gasteiger partial charge in [-0.2, -0.15) is 13.1 Å². The smallest absolute Gasteiger partial charge is 0.322 e. The number of rotatable bonds is 1. The first-order valence-electron chi connectivity index (χ1n) is 4.11. The lowest BCUT2D eigenvalue weighted by atomic mass is 10.1. The van der Waals surface area contributed by atoms with Gasteiger partial charge >= 0.3 is 10.2 Å². The summed E-state index contributed by atoms with van der Waals surface area (Å²) in [6.07, 6.45) is 0. The van der Waals surface area contributed by atoms with Crippen LogP contribution in [-0.2, 0) is 10.2 Å². The molecule has 0 radical (unpaired) electrons. The molecule has 0 saturated carbocycles. The zero-order chi connectivity index (χ0) is 11.1. The molecule has 3 N–H and O–H groups in total. The number of halogens is 1. The van der Waals surface area contributed by atoms with Crippen LogP contribution in [0.2, 0.25) is 0 Å². The Morgan fingerprint density at radius 3 is 2.40 bits per heavy atom. The molecular weight excluding hydrogens is 221 g/mol. The molecule has 2 rings (SSSR count). The third-order valence-electron chi connectivity index (χ3n) is 1.99. The Bertz CT molecular complexity index is 509. The molecule has 1 aromatic carbocycles. The van der Waals surface area contributed by atoms with E-state index in [1.165, 1.54) is 24.3 Å². The lowest BCUT2D eigenvalue weighted by molar-refractivity contribution is 0.585. The van der Waals surface area contributed by atoms with Crippen LogP contribution in [0.1, 0.15) is 11.6 Å². The number of hydrogen-bond donors (Lipinski definition) is 2. The monoisotopic (exact) mass is 229 g/mol. The molecule has 0 aromatic heterocycles. The molecule has 0 bridgehead atoms. The number of nitrogens with one attached hydrogen (secondary N) is 1. The van der Waals surface area contributed by atoms with Crippen LogP contribution in [0.5, 0.6) is 0 Å². The molecule has 7 heteroatoms. The van der Waals surface area contributed by atoms with Crippen molar-refractivity contribution in [3.05, 3.63) is 35.6 Å². The molecule has 0 saturated heterocycles. The van der Waals surface area contributed by atoms with Crippen LogP contribution < -0.4 is 10.5 Å². The van der Waals surface area contributed by atoms with Crippen LogP contribution in [0, 0.1) is 5.82 Å². The van der Waals surface area contributed by atoms with E-state index >= 15 is 0 Å². The topological polar surface area (TPSA) is 84.5 Å². The standard InChI is InChI=1S/C8H8FN3O2S/c9-6-3-1-5(2-4-6)7-8(10)12-15(13,14)11-7/h1-4,7,11H,(H2,10,12)/t7-/m1/s1. The summed E-state index contributed by atoms with van der Waals surface area (Å²) in [7, 11) is -3.68. The fourth-order valence-electron chi connectivity index (χ4n) is 1.32. The second-order valence-corrected chi connectivity index (χ2v) is 4.46. The molecule has 0 amide bonds. The summed E-state index contributed by atoms with van der Waals surface area (Å²) >= 11 is 0. The summed E-state index contributed by atoms with van der Waals surface area (Å²) in [6.45, 7) is 0. The van der Waals surface area contributed by atoms with Crippen LogP contribution in [-0.4, -0.2) is 14.3 Å². The van der Waals surface area contributed by atoms with Crippen molar-refractivity contribution in [3.8, 4) is 0 Å². The van der Waals surface area contributed by atoms with Crippen molar-refractivity contribution >= 4 is 16.0 Å². The highest BCUT2D eigenvalue weighted by Crippen LogP contribution is 2.19. The predicted molar refractivity (Wildman–Crippen MR) is 52.8 cm³/mol. The van der Waals surface area contributed by atoms with Gasteiger partial charge in [-0.3, -0.25) is 0 Å². The zero-order valence-corrected chi connectivity index (χ0v) is 8.33. The van der Waals surface area contributed by atoms with Crippen LogP contribution in [0.3, 0.4) is 0 Å². The first-order valence-corrected chi connectivity index (χ1v) is 5.55. The third kappa shape index (κ3) is 1.97. The normalized spacial score (nSPS) is 23.8. The molecule has 0 unspecified atom stereocenters. The number of nitrogens with zero attached hydrogens (tertiary/aromatic N) is 1. The molecule has 1 aromatic rings. The molecule has 1 heterocycles. The Morgan fingerprint density at radius 2 is 1.93 bits per heavy atom. The molecule has 1 aliphatic heterocycles. The Labute approximate surface area is 86.0 Å². The maximum absolute atomic E-state index is 12.6. The third-order valence-corrected chi connectivity index (χ3v) is 2.98. The van der Waals surface area contributed by atoms with Crippen LogP contribution in [0.15, 0.2) is 28.7 Å². The van der Waals surface area contributed by atoms with Crippen molar-refractivity contribution in [2.45, 2.75) is 6.04 Å². The Balaban J connectivity index is 2.35. The molecule has 1 atom stereocenters. The minimum Gasteiger partial charge on any atom is -0.385 e. The second kappa shape index (κ2) is 3.28. The fraction of sp³-hybridized carbons (Fsp3) is 0.125. The van der Waals surface area contributed by atoms with Gasteiger partial charge in [0.25, 0.3) is 0 Å².